The van der Waals surface area contributed by atoms with E-state index in [9.17, 15) is 14.4 Å². The van der Waals surface area contributed by atoms with E-state index in [1.807, 2.05) is 0 Å². The van der Waals surface area contributed by atoms with Crippen molar-refractivity contribution in [1.82, 2.24) is 0 Å². The van der Waals surface area contributed by atoms with Crippen molar-refractivity contribution in [2.45, 2.75) is 19.3 Å². The van der Waals surface area contributed by atoms with Crippen LogP contribution in [0.4, 0.5) is 0 Å². The highest BCUT2D eigenvalue weighted by Crippen LogP contribution is 2.20. The molecule has 0 unspecified atom stereocenters. The van der Waals surface area contributed by atoms with E-state index >= 15 is 0 Å². The van der Waals surface area contributed by atoms with Gasteiger partial charge in [0.15, 0.2) is 5.78 Å². The van der Waals surface area contributed by atoms with Crippen LogP contribution >= 0.6 is 0 Å². The molecule has 1 aliphatic rings. The summed E-state index contributed by atoms with van der Waals surface area (Å²) in [5.41, 5.74) is 0. The Kier molecular flexibility index (Phi) is 5.28. The summed E-state index contributed by atoms with van der Waals surface area (Å²) >= 11 is 0. The zero-order chi connectivity index (χ0) is 12.0. The Morgan fingerprint density at radius 1 is 1.25 bits per heavy atom. The maximum atomic E-state index is 11.4. The molecule has 0 aromatic rings. The van der Waals surface area contributed by atoms with Crippen molar-refractivity contribution >= 4 is 17.3 Å². The molecule has 5 heteroatoms. The van der Waals surface area contributed by atoms with Gasteiger partial charge in [0.05, 0.1) is 19.1 Å². The third-order valence-corrected chi connectivity index (χ3v) is 2.52. The van der Waals surface area contributed by atoms with Crippen LogP contribution in [0.5, 0.6) is 0 Å². The predicted octanol–water partition coefficient (Wildman–Crippen LogP) is 0.157. The molecule has 1 rings (SSSR count). The van der Waals surface area contributed by atoms with E-state index in [2.05, 4.69) is 0 Å². The van der Waals surface area contributed by atoms with E-state index in [0.29, 0.717) is 13.2 Å². The van der Waals surface area contributed by atoms with Crippen LogP contribution in [0.2, 0.25) is 0 Å². The molecule has 0 saturated heterocycles. The van der Waals surface area contributed by atoms with Crippen molar-refractivity contribution in [2.75, 3.05) is 26.9 Å². The van der Waals surface area contributed by atoms with Crippen LogP contribution in [0.1, 0.15) is 19.3 Å². The highest BCUT2D eigenvalue weighted by Gasteiger charge is 2.34. The van der Waals surface area contributed by atoms with Crippen LogP contribution in [0.25, 0.3) is 0 Å². The SMILES string of the molecule is COCCOCC(=O)CC1C(=O)CCC1=O. The average molecular weight is 228 g/mol. The molecule has 0 amide bonds. The fraction of sp³-hybridized carbons (Fsp3) is 0.727. The maximum absolute atomic E-state index is 11.4. The van der Waals surface area contributed by atoms with Gasteiger partial charge in [-0.05, 0) is 0 Å². The summed E-state index contributed by atoms with van der Waals surface area (Å²) in [6.07, 6.45) is 0.549. The molecule has 1 aliphatic carbocycles. The minimum absolute atomic E-state index is 0.00928. The fourth-order valence-corrected chi connectivity index (χ4v) is 1.62. The van der Waals surface area contributed by atoms with Gasteiger partial charge >= 0.3 is 0 Å². The summed E-state index contributed by atoms with van der Waals surface area (Å²) in [6.45, 7) is 0.712. The zero-order valence-corrected chi connectivity index (χ0v) is 9.36. The smallest absolute Gasteiger partial charge is 0.159 e. The Labute approximate surface area is 94.1 Å². The lowest BCUT2D eigenvalue weighted by Crippen LogP contribution is -2.22. The lowest BCUT2D eigenvalue weighted by molar-refractivity contribution is -0.133. The van der Waals surface area contributed by atoms with Gasteiger partial charge in [0.25, 0.3) is 0 Å². The minimum atomic E-state index is -0.710. The van der Waals surface area contributed by atoms with Gasteiger partial charge in [0, 0.05) is 26.4 Å². The quantitative estimate of drug-likeness (QED) is 0.458. The standard InChI is InChI=1S/C11H16O5/c1-15-4-5-16-7-8(12)6-9-10(13)2-3-11(9)14/h9H,2-7H2,1H3. The molecule has 16 heavy (non-hydrogen) atoms. The molecule has 0 heterocycles. The van der Waals surface area contributed by atoms with Crippen molar-refractivity contribution in [3.63, 3.8) is 0 Å². The molecule has 0 aromatic heterocycles. The molecule has 0 spiro atoms. The Balaban J connectivity index is 2.23. The van der Waals surface area contributed by atoms with Crippen molar-refractivity contribution in [3.8, 4) is 0 Å². The highest BCUT2D eigenvalue weighted by atomic mass is 16.5. The summed E-state index contributed by atoms with van der Waals surface area (Å²) < 4.78 is 9.77. The lowest BCUT2D eigenvalue weighted by atomic mass is 9.99. The Hall–Kier alpha value is -1.07. The third kappa shape index (κ3) is 3.83. The Morgan fingerprint density at radius 3 is 2.44 bits per heavy atom. The lowest BCUT2D eigenvalue weighted by Gasteiger charge is -2.06. The Morgan fingerprint density at radius 2 is 1.88 bits per heavy atom. The monoisotopic (exact) mass is 228 g/mol. The van der Waals surface area contributed by atoms with Crippen molar-refractivity contribution in [1.29, 1.82) is 0 Å². The van der Waals surface area contributed by atoms with Crippen LogP contribution < -0.4 is 0 Å². The number of rotatable bonds is 7. The first-order valence-electron chi connectivity index (χ1n) is 5.29. The van der Waals surface area contributed by atoms with Crippen molar-refractivity contribution in [3.05, 3.63) is 0 Å². The summed E-state index contributed by atoms with van der Waals surface area (Å²) in [5, 5.41) is 0. The summed E-state index contributed by atoms with van der Waals surface area (Å²) in [7, 11) is 1.54. The van der Waals surface area contributed by atoms with Crippen molar-refractivity contribution < 1.29 is 23.9 Å². The molecule has 0 aliphatic heterocycles. The number of carbonyl (C=O) groups excluding carboxylic acids is 3. The fourth-order valence-electron chi connectivity index (χ4n) is 1.62. The number of ketones is 3. The summed E-state index contributed by atoms with van der Waals surface area (Å²) in [5.74, 6) is -1.14. The van der Waals surface area contributed by atoms with Gasteiger partial charge in [0.2, 0.25) is 0 Å². The number of methoxy groups -OCH3 is 1. The molecule has 1 saturated carbocycles. The van der Waals surface area contributed by atoms with Crippen LogP contribution in [0.15, 0.2) is 0 Å². The van der Waals surface area contributed by atoms with Crippen LogP contribution in [-0.2, 0) is 23.9 Å². The molecule has 0 atom stereocenters. The Bertz CT molecular complexity index is 268. The predicted molar refractivity (Wildman–Crippen MR) is 55.1 cm³/mol. The van der Waals surface area contributed by atoms with Gasteiger partial charge in [-0.2, -0.15) is 0 Å². The zero-order valence-electron chi connectivity index (χ0n) is 9.36. The maximum Gasteiger partial charge on any atom is 0.159 e. The molecule has 5 nitrogen and oxygen atoms in total. The summed E-state index contributed by atoms with van der Waals surface area (Å²) in [6, 6.07) is 0. The summed E-state index contributed by atoms with van der Waals surface area (Å²) in [4.78, 5) is 33.9. The molecule has 90 valence electrons. The number of hydrogen-bond acceptors (Lipinski definition) is 5. The largest absolute Gasteiger partial charge is 0.382 e. The van der Waals surface area contributed by atoms with Gasteiger partial charge in [-0.15, -0.1) is 0 Å². The van der Waals surface area contributed by atoms with Gasteiger partial charge < -0.3 is 9.47 Å². The number of hydrogen-bond donors (Lipinski definition) is 0. The second kappa shape index (κ2) is 6.50. The van der Waals surface area contributed by atoms with Gasteiger partial charge in [-0.1, -0.05) is 0 Å². The van der Waals surface area contributed by atoms with E-state index in [0.717, 1.165) is 0 Å². The number of Topliss-reactive ketones (excluding diaryl/α,β-unsaturated/α-hetero) is 3. The average Bonchev–Trinajstić information content (AvgIpc) is 2.56. The van der Waals surface area contributed by atoms with Gasteiger partial charge in [-0.25, -0.2) is 0 Å². The minimum Gasteiger partial charge on any atom is -0.382 e. The molecule has 0 N–H and O–H groups in total. The first-order valence-corrected chi connectivity index (χ1v) is 5.29. The van der Waals surface area contributed by atoms with Crippen LogP contribution in [-0.4, -0.2) is 44.3 Å². The normalized spacial score (nSPS) is 17.1. The van der Waals surface area contributed by atoms with E-state index in [4.69, 9.17) is 9.47 Å². The first kappa shape index (κ1) is 13.0. The second-order valence-corrected chi connectivity index (χ2v) is 3.77. The van der Waals surface area contributed by atoms with E-state index in [-0.39, 0.29) is 43.2 Å². The topological polar surface area (TPSA) is 69.7 Å². The molecule has 0 aromatic carbocycles. The number of carbonyl (C=O) groups is 3. The highest BCUT2D eigenvalue weighted by molar-refractivity contribution is 6.10. The van der Waals surface area contributed by atoms with Crippen LogP contribution in [0, 0.1) is 5.92 Å². The molecule has 1 fully saturated rings. The second-order valence-electron chi connectivity index (χ2n) is 3.77. The van der Waals surface area contributed by atoms with Crippen LogP contribution in [0.3, 0.4) is 0 Å². The third-order valence-electron chi connectivity index (χ3n) is 2.52. The van der Waals surface area contributed by atoms with Gasteiger partial charge in [0.1, 0.15) is 18.2 Å². The van der Waals surface area contributed by atoms with E-state index in [1.54, 1.807) is 7.11 Å². The molecular weight excluding hydrogens is 212 g/mol. The van der Waals surface area contributed by atoms with Gasteiger partial charge in [-0.3, -0.25) is 14.4 Å². The number of ether oxygens (including phenoxy) is 2. The first-order chi connectivity index (χ1) is 7.65. The molecular formula is C11H16O5. The van der Waals surface area contributed by atoms with Crippen molar-refractivity contribution in [2.24, 2.45) is 5.92 Å². The van der Waals surface area contributed by atoms with E-state index < -0.39 is 5.92 Å². The molecule has 0 radical (unpaired) electrons. The van der Waals surface area contributed by atoms with E-state index in [1.165, 1.54) is 0 Å². The molecule has 0 bridgehead atoms.